The number of rotatable bonds is 6. The summed E-state index contributed by atoms with van der Waals surface area (Å²) in [7, 11) is 0. The zero-order valence-electron chi connectivity index (χ0n) is 10.6. The van der Waals surface area contributed by atoms with Crippen molar-refractivity contribution in [2.75, 3.05) is 0 Å². The Morgan fingerprint density at radius 2 is 2.12 bits per heavy atom. The molecule has 0 aliphatic heterocycles. The fourth-order valence-electron chi connectivity index (χ4n) is 2.80. The molecule has 0 saturated heterocycles. The minimum Gasteiger partial charge on any atom is -0.301 e. The molecule has 1 saturated carbocycles. The van der Waals surface area contributed by atoms with Crippen molar-refractivity contribution in [3.63, 3.8) is 0 Å². The van der Waals surface area contributed by atoms with E-state index in [4.69, 9.17) is 12.6 Å². The Morgan fingerprint density at radius 3 is 2.62 bits per heavy atom. The van der Waals surface area contributed by atoms with Gasteiger partial charge in [0.25, 0.3) is 0 Å². The average Bonchev–Trinajstić information content (AvgIpc) is 2.50. The molecule has 1 nitrogen and oxygen atoms in total. The molecular formula is C14H25NS. The quantitative estimate of drug-likeness (QED) is 0.408. The molecule has 1 aliphatic rings. The van der Waals surface area contributed by atoms with Gasteiger partial charge in [0.05, 0.1) is 4.87 Å². The van der Waals surface area contributed by atoms with Gasteiger partial charge in [-0.15, -0.1) is 13.2 Å². The summed E-state index contributed by atoms with van der Waals surface area (Å²) in [5, 5.41) is 3.58. The van der Waals surface area contributed by atoms with E-state index in [2.05, 4.69) is 38.4 Å². The largest absolute Gasteiger partial charge is 0.301 e. The van der Waals surface area contributed by atoms with Crippen LogP contribution < -0.4 is 5.32 Å². The highest BCUT2D eigenvalue weighted by Gasteiger charge is 2.41. The summed E-state index contributed by atoms with van der Waals surface area (Å²) in [6, 6.07) is 0.487. The molecule has 1 N–H and O–H groups in total. The first-order chi connectivity index (χ1) is 7.50. The van der Waals surface area contributed by atoms with E-state index < -0.39 is 0 Å². The van der Waals surface area contributed by atoms with Crippen molar-refractivity contribution in [2.45, 2.75) is 50.4 Å². The molecule has 0 radical (unpaired) electrons. The molecule has 1 fully saturated rings. The van der Waals surface area contributed by atoms with Gasteiger partial charge in [-0.25, -0.2) is 0 Å². The summed E-state index contributed by atoms with van der Waals surface area (Å²) in [4.78, 5) is -0.00113. The third kappa shape index (κ3) is 3.67. The minimum atomic E-state index is -0.00113. The van der Waals surface area contributed by atoms with Gasteiger partial charge in [0.2, 0.25) is 0 Å². The lowest BCUT2D eigenvalue weighted by Crippen LogP contribution is -2.42. The van der Waals surface area contributed by atoms with Crippen LogP contribution in [0.3, 0.4) is 0 Å². The first-order valence-electron chi connectivity index (χ1n) is 6.24. The maximum Gasteiger partial charge on any atom is 0.0626 e. The molecule has 1 aliphatic carbocycles. The average molecular weight is 239 g/mol. The van der Waals surface area contributed by atoms with Crippen molar-refractivity contribution >= 4 is 12.6 Å². The maximum absolute atomic E-state index is 4.83. The van der Waals surface area contributed by atoms with Crippen molar-refractivity contribution in [1.82, 2.24) is 5.32 Å². The van der Waals surface area contributed by atoms with Gasteiger partial charge in [-0.3, -0.25) is 0 Å². The smallest absolute Gasteiger partial charge is 0.0626 e. The lowest BCUT2D eigenvalue weighted by molar-refractivity contribution is 0.404. The SMILES string of the molecule is C=CCCC1CC(S)(NC(C)C)CC1C=C. The Kier molecular flexibility index (Phi) is 5.13. The summed E-state index contributed by atoms with van der Waals surface area (Å²) in [5.41, 5.74) is 0. The van der Waals surface area contributed by atoms with E-state index in [0.29, 0.717) is 17.9 Å². The molecule has 0 aromatic rings. The van der Waals surface area contributed by atoms with Crippen molar-refractivity contribution in [1.29, 1.82) is 0 Å². The predicted octanol–water partition coefficient (Wildman–Crippen LogP) is 3.79. The summed E-state index contributed by atoms with van der Waals surface area (Å²) in [5.74, 6) is 1.31. The molecule has 3 atom stereocenters. The van der Waals surface area contributed by atoms with Crippen LogP contribution in [0.25, 0.3) is 0 Å². The maximum atomic E-state index is 4.83. The summed E-state index contributed by atoms with van der Waals surface area (Å²) >= 11 is 4.83. The molecule has 16 heavy (non-hydrogen) atoms. The highest BCUT2D eigenvalue weighted by molar-refractivity contribution is 7.81. The van der Waals surface area contributed by atoms with Gasteiger partial charge < -0.3 is 5.32 Å². The minimum absolute atomic E-state index is 0.00113. The number of hydrogen-bond acceptors (Lipinski definition) is 2. The molecule has 92 valence electrons. The zero-order valence-corrected chi connectivity index (χ0v) is 11.5. The molecule has 0 amide bonds. The van der Waals surface area contributed by atoms with Gasteiger partial charge in [0, 0.05) is 6.04 Å². The van der Waals surface area contributed by atoms with Crippen molar-refractivity contribution < 1.29 is 0 Å². The molecule has 0 aromatic heterocycles. The fourth-order valence-corrected chi connectivity index (χ4v) is 3.51. The van der Waals surface area contributed by atoms with E-state index >= 15 is 0 Å². The van der Waals surface area contributed by atoms with Crippen LogP contribution in [0.1, 0.15) is 39.5 Å². The summed E-state index contributed by atoms with van der Waals surface area (Å²) in [6.07, 6.45) is 8.66. The third-order valence-corrected chi connectivity index (χ3v) is 3.87. The standard InChI is InChI=1S/C14H25NS/c1-5-7-8-13-10-14(16,15-11(3)4)9-12(13)6-2/h5-6,11-13,15-16H,1-2,7-10H2,3-4H3. The van der Waals surface area contributed by atoms with Crippen LogP contribution in [0, 0.1) is 11.8 Å². The van der Waals surface area contributed by atoms with Crippen LogP contribution in [0.15, 0.2) is 25.3 Å². The predicted molar refractivity (Wildman–Crippen MR) is 75.8 cm³/mol. The van der Waals surface area contributed by atoms with Crippen LogP contribution in [0.4, 0.5) is 0 Å². The first-order valence-corrected chi connectivity index (χ1v) is 6.69. The monoisotopic (exact) mass is 239 g/mol. The normalized spacial score (nSPS) is 34.2. The van der Waals surface area contributed by atoms with Crippen LogP contribution in [0.5, 0.6) is 0 Å². The second-order valence-electron chi connectivity index (χ2n) is 5.26. The van der Waals surface area contributed by atoms with Crippen LogP contribution in [-0.4, -0.2) is 10.9 Å². The fraction of sp³-hybridized carbons (Fsp3) is 0.714. The van der Waals surface area contributed by atoms with Crippen molar-refractivity contribution in [3.05, 3.63) is 25.3 Å². The Hall–Kier alpha value is -0.210. The summed E-state index contributed by atoms with van der Waals surface area (Å²) in [6.45, 7) is 12.1. The number of hydrogen-bond donors (Lipinski definition) is 2. The second-order valence-corrected chi connectivity index (χ2v) is 6.12. The molecule has 0 heterocycles. The summed E-state index contributed by atoms with van der Waals surface area (Å²) < 4.78 is 0. The zero-order chi connectivity index (χ0) is 12.2. The molecular weight excluding hydrogens is 214 g/mol. The second kappa shape index (κ2) is 5.92. The molecule has 0 spiro atoms. The number of thiol groups is 1. The highest BCUT2D eigenvalue weighted by atomic mass is 32.1. The van der Waals surface area contributed by atoms with E-state index in [0.717, 1.165) is 19.3 Å². The molecule has 3 unspecified atom stereocenters. The first kappa shape index (κ1) is 13.9. The van der Waals surface area contributed by atoms with Crippen LogP contribution in [0.2, 0.25) is 0 Å². The highest BCUT2D eigenvalue weighted by Crippen LogP contribution is 2.44. The van der Waals surface area contributed by atoms with Crippen molar-refractivity contribution in [2.24, 2.45) is 11.8 Å². The topological polar surface area (TPSA) is 12.0 Å². The van der Waals surface area contributed by atoms with Crippen LogP contribution in [-0.2, 0) is 0 Å². The van der Waals surface area contributed by atoms with Gasteiger partial charge in [-0.05, 0) is 51.4 Å². The van der Waals surface area contributed by atoms with Crippen LogP contribution >= 0.6 is 12.6 Å². The van der Waals surface area contributed by atoms with E-state index in [1.165, 1.54) is 6.42 Å². The van der Waals surface area contributed by atoms with Gasteiger partial charge in [-0.1, -0.05) is 12.2 Å². The lowest BCUT2D eigenvalue weighted by Gasteiger charge is -2.27. The third-order valence-electron chi connectivity index (χ3n) is 3.38. The van der Waals surface area contributed by atoms with E-state index in [9.17, 15) is 0 Å². The molecule has 1 rings (SSSR count). The van der Waals surface area contributed by atoms with E-state index in [-0.39, 0.29) is 4.87 Å². The number of nitrogens with one attached hydrogen (secondary N) is 1. The van der Waals surface area contributed by atoms with Crippen molar-refractivity contribution in [3.8, 4) is 0 Å². The van der Waals surface area contributed by atoms with Gasteiger partial charge in [0.15, 0.2) is 0 Å². The number of allylic oxidation sites excluding steroid dienone is 2. The van der Waals surface area contributed by atoms with E-state index in [1.807, 2.05) is 6.08 Å². The van der Waals surface area contributed by atoms with Gasteiger partial charge in [-0.2, -0.15) is 12.6 Å². The lowest BCUT2D eigenvalue weighted by atomic mass is 9.92. The molecule has 2 heteroatoms. The van der Waals surface area contributed by atoms with Gasteiger partial charge >= 0.3 is 0 Å². The molecule has 0 aromatic carbocycles. The Labute approximate surface area is 106 Å². The Balaban J connectivity index is 2.60. The Morgan fingerprint density at radius 1 is 1.44 bits per heavy atom. The van der Waals surface area contributed by atoms with Gasteiger partial charge in [0.1, 0.15) is 0 Å². The molecule has 0 bridgehead atoms. The Bertz CT molecular complexity index is 249. The van der Waals surface area contributed by atoms with E-state index in [1.54, 1.807) is 0 Å².